The summed E-state index contributed by atoms with van der Waals surface area (Å²) < 4.78 is 27.2. The monoisotopic (exact) mass is 426 g/mol. The summed E-state index contributed by atoms with van der Waals surface area (Å²) >= 11 is 11.8. The lowest BCUT2D eigenvalue weighted by atomic mass is 10.5. The fraction of sp³-hybridized carbons (Fsp3) is 0. The van der Waals surface area contributed by atoms with E-state index in [-0.39, 0.29) is 20.5 Å². The van der Waals surface area contributed by atoms with Crippen LogP contribution < -0.4 is 4.72 Å². The van der Waals surface area contributed by atoms with Gasteiger partial charge in [-0.1, -0.05) is 11.6 Å². The molecule has 0 saturated carbocycles. The lowest BCUT2D eigenvalue weighted by molar-refractivity contribution is 0.600. The Hall–Kier alpha value is -0.770. The maximum Gasteiger partial charge on any atom is 0.264 e. The summed E-state index contributed by atoms with van der Waals surface area (Å²) in [6, 6.07) is 2.73. The van der Waals surface area contributed by atoms with Gasteiger partial charge in [0.15, 0.2) is 10.4 Å². The van der Waals surface area contributed by atoms with Crippen LogP contribution in [-0.2, 0) is 10.0 Å². The lowest BCUT2D eigenvalue weighted by Crippen LogP contribution is -2.15. The topological polar surface area (TPSA) is 84.8 Å². The molecule has 0 aliphatic carbocycles. The molecule has 19 heavy (non-hydrogen) atoms. The first-order valence-corrected chi connectivity index (χ1v) is 8.15. The van der Waals surface area contributed by atoms with Crippen LogP contribution in [-0.4, -0.2) is 23.4 Å². The van der Waals surface area contributed by atoms with Crippen LogP contribution in [0.3, 0.4) is 0 Å². The van der Waals surface area contributed by atoms with Crippen molar-refractivity contribution in [1.29, 1.82) is 0 Å². The van der Waals surface area contributed by atoms with Crippen molar-refractivity contribution in [2.45, 2.75) is 4.90 Å². The van der Waals surface area contributed by atoms with Crippen molar-refractivity contribution < 1.29 is 8.42 Å². The average Bonchev–Trinajstić information content (AvgIpc) is 2.33. The highest BCUT2D eigenvalue weighted by Crippen LogP contribution is 2.22. The smallest absolute Gasteiger partial charge is 0.261 e. The van der Waals surface area contributed by atoms with Crippen LogP contribution in [0.25, 0.3) is 0 Å². The maximum absolute atomic E-state index is 12.1. The van der Waals surface area contributed by atoms with Crippen molar-refractivity contribution in [2.24, 2.45) is 0 Å². The second kappa shape index (κ2) is 5.70. The van der Waals surface area contributed by atoms with Crippen LogP contribution in [0, 0.1) is 0 Å². The summed E-state index contributed by atoms with van der Waals surface area (Å²) in [6.07, 6.45) is 2.54. The number of hydrogen-bond acceptors (Lipinski definition) is 5. The quantitative estimate of drug-likeness (QED) is 0.760. The molecule has 2 rings (SSSR count). The Labute approximate surface area is 130 Å². The van der Waals surface area contributed by atoms with E-state index in [4.69, 9.17) is 11.6 Å². The van der Waals surface area contributed by atoms with Crippen molar-refractivity contribution >= 4 is 59.3 Å². The first-order chi connectivity index (χ1) is 8.88. The van der Waals surface area contributed by atoms with Gasteiger partial charge in [0, 0.05) is 6.20 Å². The first-order valence-electron chi connectivity index (χ1n) is 4.71. The molecule has 0 aliphatic heterocycles. The molecular weight excluding hydrogens is 423 g/mol. The molecule has 0 radical (unpaired) electrons. The zero-order chi connectivity index (χ0) is 14.0. The molecule has 2 aromatic heterocycles. The van der Waals surface area contributed by atoms with Gasteiger partial charge in [-0.05, 0) is 44.0 Å². The number of aromatic nitrogens is 3. The number of nitrogens with zero attached hydrogens (tertiary/aromatic N) is 3. The van der Waals surface area contributed by atoms with Crippen LogP contribution in [0.4, 0.5) is 5.82 Å². The molecule has 0 spiro atoms. The predicted molar refractivity (Wildman–Crippen MR) is 77.5 cm³/mol. The average molecular weight is 428 g/mol. The minimum absolute atomic E-state index is 0.0199. The molecular formula is C9H5Br2ClN4O2S. The van der Waals surface area contributed by atoms with Crippen molar-refractivity contribution in [3.8, 4) is 0 Å². The normalized spacial score (nSPS) is 11.3. The molecule has 100 valence electrons. The standard InChI is InChI=1S/C9H5Br2ClN4O2S/c10-6-4-14-9(8(11)15-6)16-19(17,18)5-1-2-7(12)13-3-5/h1-4H,(H,14,16). The number of nitrogens with one attached hydrogen (secondary N) is 1. The fourth-order valence-electron chi connectivity index (χ4n) is 1.12. The van der Waals surface area contributed by atoms with Gasteiger partial charge in [0.2, 0.25) is 0 Å². The SMILES string of the molecule is O=S(=O)(Nc1ncc(Br)nc1Br)c1ccc(Cl)nc1. The van der Waals surface area contributed by atoms with Crippen LogP contribution in [0.2, 0.25) is 5.15 Å². The lowest BCUT2D eigenvalue weighted by Gasteiger charge is -2.08. The fourth-order valence-corrected chi connectivity index (χ4v) is 3.24. The molecule has 0 unspecified atom stereocenters. The summed E-state index contributed by atoms with van der Waals surface area (Å²) in [5, 5.41) is 0.212. The van der Waals surface area contributed by atoms with Crippen LogP contribution in [0.15, 0.2) is 38.6 Å². The van der Waals surface area contributed by atoms with Gasteiger partial charge in [-0.15, -0.1) is 0 Å². The van der Waals surface area contributed by atoms with Gasteiger partial charge in [0.1, 0.15) is 14.7 Å². The molecule has 1 N–H and O–H groups in total. The molecule has 0 saturated heterocycles. The Morgan fingerprint density at radius 1 is 1.16 bits per heavy atom. The van der Waals surface area contributed by atoms with Crippen LogP contribution in [0.5, 0.6) is 0 Å². The van der Waals surface area contributed by atoms with Crippen molar-refractivity contribution in [1.82, 2.24) is 15.0 Å². The molecule has 2 aromatic rings. The van der Waals surface area contributed by atoms with Gasteiger partial charge in [-0.3, -0.25) is 4.72 Å². The van der Waals surface area contributed by atoms with E-state index in [1.807, 2.05) is 0 Å². The minimum Gasteiger partial charge on any atom is -0.261 e. The second-order valence-corrected chi connectivity index (χ2v) is 6.89. The summed E-state index contributed by atoms with van der Waals surface area (Å²) in [7, 11) is -3.78. The van der Waals surface area contributed by atoms with Gasteiger partial charge >= 0.3 is 0 Å². The van der Waals surface area contributed by atoms with E-state index in [9.17, 15) is 8.42 Å². The van der Waals surface area contributed by atoms with E-state index in [1.165, 1.54) is 18.3 Å². The molecule has 0 aromatic carbocycles. The van der Waals surface area contributed by atoms with Crippen LogP contribution >= 0.6 is 43.5 Å². The highest BCUT2D eigenvalue weighted by atomic mass is 79.9. The highest BCUT2D eigenvalue weighted by molar-refractivity contribution is 9.11. The number of hydrogen-bond donors (Lipinski definition) is 1. The Morgan fingerprint density at radius 2 is 1.89 bits per heavy atom. The zero-order valence-electron chi connectivity index (χ0n) is 9.01. The van der Waals surface area contributed by atoms with Crippen LogP contribution in [0.1, 0.15) is 0 Å². The number of sulfonamides is 1. The van der Waals surface area contributed by atoms with Crippen molar-refractivity contribution in [3.63, 3.8) is 0 Å². The van der Waals surface area contributed by atoms with E-state index in [0.29, 0.717) is 4.60 Å². The minimum atomic E-state index is -3.78. The molecule has 0 atom stereocenters. The molecule has 0 amide bonds. The maximum atomic E-state index is 12.1. The Balaban J connectivity index is 2.33. The Bertz CT molecular complexity index is 709. The second-order valence-electron chi connectivity index (χ2n) is 3.25. The van der Waals surface area contributed by atoms with Gasteiger partial charge in [-0.2, -0.15) is 0 Å². The number of anilines is 1. The van der Waals surface area contributed by atoms with Gasteiger partial charge in [0.05, 0.1) is 6.20 Å². The van der Waals surface area contributed by atoms with E-state index in [1.54, 1.807) is 0 Å². The van der Waals surface area contributed by atoms with E-state index >= 15 is 0 Å². The first kappa shape index (κ1) is 14.6. The number of halogens is 3. The Morgan fingerprint density at radius 3 is 2.47 bits per heavy atom. The Kier molecular flexibility index (Phi) is 4.39. The highest BCUT2D eigenvalue weighted by Gasteiger charge is 2.17. The predicted octanol–water partition coefficient (Wildman–Crippen LogP) is 2.85. The van der Waals surface area contributed by atoms with Gasteiger partial charge < -0.3 is 0 Å². The molecule has 2 heterocycles. The summed E-state index contributed by atoms with van der Waals surface area (Å²) in [5.74, 6) is 0.0816. The van der Waals surface area contributed by atoms with Gasteiger partial charge in [0.25, 0.3) is 10.0 Å². The van der Waals surface area contributed by atoms with E-state index < -0.39 is 10.0 Å². The number of rotatable bonds is 3. The third-order valence-electron chi connectivity index (χ3n) is 1.94. The summed E-state index contributed by atoms with van der Waals surface area (Å²) in [6.45, 7) is 0. The summed E-state index contributed by atoms with van der Waals surface area (Å²) in [5.41, 5.74) is 0. The third-order valence-corrected chi connectivity index (χ3v) is 4.42. The van der Waals surface area contributed by atoms with Crippen molar-refractivity contribution in [2.75, 3.05) is 4.72 Å². The molecule has 10 heteroatoms. The van der Waals surface area contributed by atoms with Crippen molar-refractivity contribution in [3.05, 3.63) is 38.9 Å². The zero-order valence-corrected chi connectivity index (χ0v) is 13.8. The molecule has 0 bridgehead atoms. The summed E-state index contributed by atoms with van der Waals surface area (Å²) in [4.78, 5) is 11.6. The third kappa shape index (κ3) is 3.62. The molecule has 6 nitrogen and oxygen atoms in total. The largest absolute Gasteiger partial charge is 0.264 e. The van der Waals surface area contributed by atoms with E-state index in [0.717, 1.165) is 6.20 Å². The molecule has 0 fully saturated rings. The molecule has 0 aliphatic rings. The van der Waals surface area contributed by atoms with Gasteiger partial charge in [-0.25, -0.2) is 23.4 Å². The number of pyridine rings is 1. The van der Waals surface area contributed by atoms with E-state index in [2.05, 4.69) is 51.5 Å².